The van der Waals surface area contributed by atoms with Gasteiger partial charge in [-0.3, -0.25) is 19.9 Å². The molecule has 2 aromatic rings. The monoisotopic (exact) mass is 423 g/mol. The molecule has 6 nitrogen and oxygen atoms in total. The standard InChI is InChI=1S/C25H33N3O3/c1-4-24(5-2)16-28(6-3)12-11-25(24,31)19-7-9-21-17(14-19)13-18(15-26-21)20-8-10-22(29)27-23(20)30/h7,9,13-15,20,31H,4-6,8,10-12,16H2,1-3H3,(H,27,29,30). The Bertz CT molecular complexity index is 1000. The van der Waals surface area contributed by atoms with E-state index in [1.807, 2.05) is 18.2 Å². The van der Waals surface area contributed by atoms with Gasteiger partial charge in [0, 0.05) is 36.5 Å². The molecule has 0 bridgehead atoms. The summed E-state index contributed by atoms with van der Waals surface area (Å²) in [5, 5.41) is 15.4. The van der Waals surface area contributed by atoms with E-state index >= 15 is 0 Å². The quantitative estimate of drug-likeness (QED) is 0.720. The summed E-state index contributed by atoms with van der Waals surface area (Å²) >= 11 is 0. The van der Waals surface area contributed by atoms with Gasteiger partial charge in [-0.15, -0.1) is 0 Å². The molecule has 2 saturated heterocycles. The molecule has 2 atom stereocenters. The van der Waals surface area contributed by atoms with Crippen LogP contribution in [0.25, 0.3) is 10.9 Å². The van der Waals surface area contributed by atoms with E-state index in [9.17, 15) is 14.7 Å². The Labute approximate surface area is 184 Å². The lowest BCUT2D eigenvalue weighted by Gasteiger charge is -2.53. The first-order valence-electron chi connectivity index (χ1n) is 11.5. The van der Waals surface area contributed by atoms with E-state index in [-0.39, 0.29) is 23.1 Å². The third-order valence-electron chi connectivity index (χ3n) is 7.82. The summed E-state index contributed by atoms with van der Waals surface area (Å²) in [6, 6.07) is 8.04. The van der Waals surface area contributed by atoms with Crippen molar-refractivity contribution < 1.29 is 14.7 Å². The third kappa shape index (κ3) is 3.66. The van der Waals surface area contributed by atoms with Gasteiger partial charge < -0.3 is 10.0 Å². The Morgan fingerprint density at radius 3 is 2.65 bits per heavy atom. The number of aliphatic hydroxyl groups is 1. The van der Waals surface area contributed by atoms with Gasteiger partial charge in [0.05, 0.1) is 17.0 Å². The zero-order valence-electron chi connectivity index (χ0n) is 18.8. The fraction of sp³-hybridized carbons (Fsp3) is 0.560. The Morgan fingerprint density at radius 1 is 1.19 bits per heavy atom. The molecule has 1 aromatic heterocycles. The van der Waals surface area contributed by atoms with Crippen molar-refractivity contribution in [3.05, 3.63) is 41.6 Å². The van der Waals surface area contributed by atoms with Crippen LogP contribution in [0.2, 0.25) is 0 Å². The lowest BCUT2D eigenvalue weighted by molar-refractivity contribution is -0.146. The number of nitrogens with zero attached hydrogens (tertiary/aromatic N) is 2. The van der Waals surface area contributed by atoms with E-state index in [0.29, 0.717) is 19.3 Å². The normalized spacial score (nSPS) is 26.8. The topological polar surface area (TPSA) is 82.5 Å². The van der Waals surface area contributed by atoms with E-state index < -0.39 is 5.60 Å². The molecule has 6 heteroatoms. The number of fused-ring (bicyclic) bond motifs is 1. The summed E-state index contributed by atoms with van der Waals surface area (Å²) in [7, 11) is 0. The molecule has 2 aliphatic heterocycles. The Morgan fingerprint density at radius 2 is 1.97 bits per heavy atom. The molecule has 0 saturated carbocycles. The lowest BCUT2D eigenvalue weighted by Crippen LogP contribution is -2.57. The molecule has 31 heavy (non-hydrogen) atoms. The van der Waals surface area contributed by atoms with Crippen LogP contribution in [0.15, 0.2) is 30.5 Å². The van der Waals surface area contributed by atoms with Gasteiger partial charge in [0.2, 0.25) is 11.8 Å². The number of carbonyl (C=O) groups excluding carboxylic acids is 2. The Balaban J connectivity index is 1.74. The van der Waals surface area contributed by atoms with Gasteiger partial charge in [0.1, 0.15) is 0 Å². The van der Waals surface area contributed by atoms with E-state index in [0.717, 1.165) is 54.5 Å². The number of carbonyl (C=O) groups is 2. The van der Waals surface area contributed by atoms with Crippen LogP contribution < -0.4 is 5.32 Å². The van der Waals surface area contributed by atoms with Crippen molar-refractivity contribution in [1.82, 2.24) is 15.2 Å². The van der Waals surface area contributed by atoms with Crippen molar-refractivity contribution >= 4 is 22.7 Å². The number of pyridine rings is 1. The first-order valence-corrected chi connectivity index (χ1v) is 11.5. The smallest absolute Gasteiger partial charge is 0.234 e. The maximum Gasteiger partial charge on any atom is 0.234 e. The van der Waals surface area contributed by atoms with Crippen LogP contribution in [-0.2, 0) is 15.2 Å². The van der Waals surface area contributed by atoms with Crippen molar-refractivity contribution in [2.75, 3.05) is 19.6 Å². The van der Waals surface area contributed by atoms with Crippen LogP contribution in [-0.4, -0.2) is 46.4 Å². The Hall–Kier alpha value is -2.31. The molecule has 0 spiro atoms. The molecular weight excluding hydrogens is 390 g/mol. The minimum absolute atomic E-state index is 0.205. The Kier molecular flexibility index (Phi) is 5.88. The van der Waals surface area contributed by atoms with Crippen LogP contribution >= 0.6 is 0 Å². The third-order valence-corrected chi connectivity index (χ3v) is 7.82. The van der Waals surface area contributed by atoms with Gasteiger partial charge in [0.25, 0.3) is 0 Å². The number of amides is 2. The summed E-state index contributed by atoms with van der Waals surface area (Å²) in [5.41, 5.74) is 1.49. The summed E-state index contributed by atoms with van der Waals surface area (Å²) in [4.78, 5) is 30.8. The van der Waals surface area contributed by atoms with E-state index in [2.05, 4.69) is 42.0 Å². The molecular formula is C25H33N3O3. The first-order chi connectivity index (χ1) is 14.9. The summed E-state index contributed by atoms with van der Waals surface area (Å²) in [6.07, 6.45) is 5.10. The minimum Gasteiger partial charge on any atom is -0.384 e. The lowest BCUT2D eigenvalue weighted by atomic mass is 9.61. The highest BCUT2D eigenvalue weighted by Gasteiger charge is 2.52. The average Bonchev–Trinajstić information content (AvgIpc) is 2.79. The summed E-state index contributed by atoms with van der Waals surface area (Å²) in [6.45, 7) is 9.29. The van der Waals surface area contributed by atoms with Crippen LogP contribution in [0.4, 0.5) is 0 Å². The van der Waals surface area contributed by atoms with Gasteiger partial charge >= 0.3 is 0 Å². The van der Waals surface area contributed by atoms with Gasteiger partial charge in [-0.1, -0.05) is 26.8 Å². The second-order valence-electron chi connectivity index (χ2n) is 9.15. The zero-order valence-corrected chi connectivity index (χ0v) is 18.8. The summed E-state index contributed by atoms with van der Waals surface area (Å²) < 4.78 is 0. The van der Waals surface area contributed by atoms with Crippen LogP contribution in [0, 0.1) is 5.41 Å². The van der Waals surface area contributed by atoms with Crippen molar-refractivity contribution in [1.29, 1.82) is 0 Å². The van der Waals surface area contributed by atoms with E-state index in [1.165, 1.54) is 0 Å². The number of nitrogens with one attached hydrogen (secondary N) is 1. The van der Waals surface area contributed by atoms with Crippen LogP contribution in [0.3, 0.4) is 0 Å². The number of likely N-dealkylation sites (tertiary alicyclic amines) is 1. The number of imide groups is 1. The second-order valence-corrected chi connectivity index (χ2v) is 9.15. The number of hydrogen-bond donors (Lipinski definition) is 2. The van der Waals surface area contributed by atoms with Crippen LogP contribution in [0.1, 0.15) is 69.9 Å². The predicted molar refractivity (Wildman–Crippen MR) is 121 cm³/mol. The van der Waals surface area contributed by atoms with Crippen molar-refractivity contribution in [2.45, 2.75) is 64.4 Å². The SMILES string of the molecule is CCN1CCC(O)(c2ccc3ncc(C4CCC(=O)NC4=O)cc3c2)C(CC)(CC)C1. The second kappa shape index (κ2) is 8.32. The minimum atomic E-state index is -0.902. The van der Waals surface area contributed by atoms with Gasteiger partial charge in [-0.2, -0.15) is 0 Å². The highest BCUT2D eigenvalue weighted by Crippen LogP contribution is 2.51. The van der Waals surface area contributed by atoms with Gasteiger partial charge in [-0.05, 0) is 61.6 Å². The van der Waals surface area contributed by atoms with Gasteiger partial charge in [0.15, 0.2) is 0 Å². The number of aromatic nitrogens is 1. The number of benzene rings is 1. The van der Waals surface area contributed by atoms with Crippen molar-refractivity contribution in [3.63, 3.8) is 0 Å². The molecule has 2 amide bonds. The number of hydrogen-bond acceptors (Lipinski definition) is 5. The average molecular weight is 424 g/mol. The molecule has 2 N–H and O–H groups in total. The molecule has 0 radical (unpaired) electrons. The predicted octanol–water partition coefficient (Wildman–Crippen LogP) is 3.47. The van der Waals surface area contributed by atoms with E-state index in [4.69, 9.17) is 0 Å². The molecule has 4 rings (SSSR count). The van der Waals surface area contributed by atoms with Gasteiger partial charge in [-0.25, -0.2) is 0 Å². The molecule has 1 aromatic carbocycles. The maximum absolute atomic E-state index is 12.3. The highest BCUT2D eigenvalue weighted by atomic mass is 16.3. The van der Waals surface area contributed by atoms with E-state index in [1.54, 1.807) is 6.20 Å². The molecule has 2 aliphatic rings. The maximum atomic E-state index is 12.3. The molecule has 166 valence electrons. The molecule has 3 heterocycles. The highest BCUT2D eigenvalue weighted by molar-refractivity contribution is 6.01. The number of piperidine rings is 2. The zero-order chi connectivity index (χ0) is 22.2. The molecule has 2 fully saturated rings. The molecule has 2 unspecified atom stereocenters. The van der Waals surface area contributed by atoms with Crippen molar-refractivity contribution in [2.24, 2.45) is 5.41 Å². The largest absolute Gasteiger partial charge is 0.384 e. The first kappa shape index (κ1) is 21.9. The summed E-state index contributed by atoms with van der Waals surface area (Å²) in [5.74, 6) is -0.831. The molecule has 0 aliphatic carbocycles. The fourth-order valence-corrected chi connectivity index (χ4v) is 5.61. The number of rotatable bonds is 5. The van der Waals surface area contributed by atoms with Crippen molar-refractivity contribution in [3.8, 4) is 0 Å². The van der Waals surface area contributed by atoms with Crippen LogP contribution in [0.5, 0.6) is 0 Å². The fourth-order valence-electron chi connectivity index (χ4n) is 5.61.